The van der Waals surface area contributed by atoms with E-state index < -0.39 is 0 Å². The Morgan fingerprint density at radius 3 is 0.600 bits per heavy atom. The number of hydrogen-bond donors (Lipinski definition) is 0. The second-order valence-electron chi connectivity index (χ2n) is 0. The van der Waals surface area contributed by atoms with E-state index in [0.29, 0.717) is 0 Å². The Kier molecular flexibility index (Phi) is 176. The van der Waals surface area contributed by atoms with Crippen molar-refractivity contribution in [3.63, 3.8) is 0 Å². The summed E-state index contributed by atoms with van der Waals surface area (Å²) in [4.78, 5) is 0. The first-order chi connectivity index (χ1) is 0. The summed E-state index contributed by atoms with van der Waals surface area (Å²) in [7, 11) is 0. The molecule has 2 N–H and O–H groups in total. The largest absolute Gasteiger partial charge is 0.412 e. The van der Waals surface area contributed by atoms with E-state index in [1.165, 1.54) is 0 Å². The molecule has 5 heteroatoms. The minimum absolute atomic E-state index is 0. The second-order valence-corrected chi connectivity index (χ2v) is 0. The van der Waals surface area contributed by atoms with E-state index in [2.05, 4.69) is 0 Å². The van der Waals surface area contributed by atoms with Crippen LogP contribution >= 0.6 is 0 Å². The molecule has 0 heterocycles. The Labute approximate surface area is 124 Å². The zero-order valence-corrected chi connectivity index (χ0v) is 10.6. The van der Waals surface area contributed by atoms with Gasteiger partial charge in [-0.15, -0.1) is 0 Å². The predicted molar refractivity (Wildman–Crippen MR) is 26.6 cm³/mol. The maximum absolute atomic E-state index is 0. The fraction of sp³-hybridized carbons (Fsp3) is 0. The van der Waals surface area contributed by atoms with Crippen molar-refractivity contribution >= 4 is 122 Å². The molecular formula is H2Ca2Mg2O. The van der Waals surface area contributed by atoms with Crippen LogP contribution in [0.25, 0.3) is 0 Å². The molecule has 0 bridgehead atoms. The molecule has 0 fully saturated rings. The third-order valence-corrected chi connectivity index (χ3v) is 0. The molecule has 0 aromatic carbocycles. The quantitative estimate of drug-likeness (QED) is 0.343. The van der Waals surface area contributed by atoms with Crippen molar-refractivity contribution < 1.29 is 5.48 Å². The van der Waals surface area contributed by atoms with Crippen LogP contribution in [0, 0.1) is 0 Å². The average Bonchev–Trinajstić information content (AvgIpc) is 0. The minimum Gasteiger partial charge on any atom is -0.412 e. The average molecular weight is 147 g/mol. The fourth-order valence-electron chi connectivity index (χ4n) is 0. The van der Waals surface area contributed by atoms with E-state index >= 15 is 0 Å². The van der Waals surface area contributed by atoms with Gasteiger partial charge in [-0.2, -0.15) is 0 Å². The van der Waals surface area contributed by atoms with Gasteiger partial charge in [0.15, 0.2) is 0 Å². The molecule has 0 unspecified atom stereocenters. The van der Waals surface area contributed by atoms with Gasteiger partial charge in [0.05, 0.1) is 0 Å². The van der Waals surface area contributed by atoms with Crippen LogP contribution in [-0.2, 0) is 0 Å². The van der Waals surface area contributed by atoms with E-state index in [-0.39, 0.29) is 127 Å². The maximum Gasteiger partial charge on any atom is 0 e. The van der Waals surface area contributed by atoms with Crippen LogP contribution in [0.1, 0.15) is 0 Å². The van der Waals surface area contributed by atoms with Gasteiger partial charge in [-0.1, -0.05) is 0 Å². The first kappa shape index (κ1) is 35.9. The Bertz CT molecular complexity index is 7.61. The molecule has 16 valence electrons. The zero-order valence-electron chi connectivity index (χ0n) is 3.33. The van der Waals surface area contributed by atoms with Crippen molar-refractivity contribution in [3.8, 4) is 0 Å². The Balaban J connectivity index is 0. The molecular weight excluding hydrogens is 145 g/mol. The normalized spacial score (nSPS) is 0. The molecule has 5 heavy (non-hydrogen) atoms. The van der Waals surface area contributed by atoms with Gasteiger partial charge in [-0.05, 0) is 0 Å². The summed E-state index contributed by atoms with van der Waals surface area (Å²) in [6, 6.07) is 0. The van der Waals surface area contributed by atoms with Crippen molar-refractivity contribution in [1.29, 1.82) is 0 Å². The smallest absolute Gasteiger partial charge is 0 e. The van der Waals surface area contributed by atoms with Crippen LogP contribution in [0.15, 0.2) is 0 Å². The molecule has 0 saturated heterocycles. The van der Waals surface area contributed by atoms with Gasteiger partial charge in [0.1, 0.15) is 0 Å². The third kappa shape index (κ3) is 18.0. The molecule has 8 radical (unpaired) electrons. The number of rotatable bonds is 0. The van der Waals surface area contributed by atoms with Crippen molar-refractivity contribution in [2.75, 3.05) is 0 Å². The number of hydrogen-bond acceptors (Lipinski definition) is 0. The molecule has 0 aliphatic rings. The summed E-state index contributed by atoms with van der Waals surface area (Å²) in [6.07, 6.45) is 0. The standard InChI is InChI=1S/2Ca.2Mg.H2O/h;;;;1H2. The SMILES string of the molecule is O.[Ca].[Ca].[Mg].[Mg]. The Hall–Kier alpha value is 4.01. The molecule has 0 aliphatic heterocycles. The molecule has 0 saturated carbocycles. The second kappa shape index (κ2) is 24.5. The topological polar surface area (TPSA) is 31.5 Å². The summed E-state index contributed by atoms with van der Waals surface area (Å²) in [5.74, 6) is 0. The van der Waals surface area contributed by atoms with E-state index in [0.717, 1.165) is 0 Å². The molecule has 0 spiro atoms. The van der Waals surface area contributed by atoms with Gasteiger partial charge in [0.25, 0.3) is 0 Å². The van der Waals surface area contributed by atoms with Gasteiger partial charge in [0, 0.05) is 122 Å². The third-order valence-electron chi connectivity index (χ3n) is 0. The monoisotopic (exact) mass is 146 g/mol. The van der Waals surface area contributed by atoms with E-state index in [9.17, 15) is 0 Å². The van der Waals surface area contributed by atoms with Gasteiger partial charge in [0.2, 0.25) is 0 Å². The van der Waals surface area contributed by atoms with Crippen LogP contribution in [0.4, 0.5) is 0 Å². The van der Waals surface area contributed by atoms with Gasteiger partial charge < -0.3 is 5.48 Å². The maximum atomic E-state index is 0. The van der Waals surface area contributed by atoms with E-state index in [4.69, 9.17) is 0 Å². The zero-order chi connectivity index (χ0) is 0. The van der Waals surface area contributed by atoms with Crippen LogP contribution in [0.3, 0.4) is 0 Å². The molecule has 0 aromatic heterocycles. The van der Waals surface area contributed by atoms with Crippen molar-refractivity contribution in [1.82, 2.24) is 0 Å². The molecule has 0 amide bonds. The van der Waals surface area contributed by atoms with Crippen molar-refractivity contribution in [3.05, 3.63) is 0 Å². The van der Waals surface area contributed by atoms with Crippen LogP contribution in [0.5, 0.6) is 0 Å². The van der Waals surface area contributed by atoms with Crippen LogP contribution < -0.4 is 0 Å². The van der Waals surface area contributed by atoms with Crippen molar-refractivity contribution in [2.45, 2.75) is 0 Å². The molecule has 0 atom stereocenters. The predicted octanol–water partition coefficient (Wildman–Crippen LogP) is -2.35. The summed E-state index contributed by atoms with van der Waals surface area (Å²) >= 11 is 0. The minimum atomic E-state index is 0. The van der Waals surface area contributed by atoms with Crippen LogP contribution in [0.2, 0.25) is 0 Å². The van der Waals surface area contributed by atoms with Gasteiger partial charge >= 0.3 is 0 Å². The first-order valence-electron chi connectivity index (χ1n) is 0. The molecule has 0 aliphatic carbocycles. The van der Waals surface area contributed by atoms with Gasteiger partial charge in [-0.3, -0.25) is 0 Å². The van der Waals surface area contributed by atoms with E-state index in [1.54, 1.807) is 0 Å². The van der Waals surface area contributed by atoms with Crippen molar-refractivity contribution in [2.24, 2.45) is 0 Å². The summed E-state index contributed by atoms with van der Waals surface area (Å²) in [6.45, 7) is 0. The molecule has 1 nitrogen and oxygen atoms in total. The first-order valence-corrected chi connectivity index (χ1v) is 0. The van der Waals surface area contributed by atoms with E-state index in [1.807, 2.05) is 0 Å². The molecule has 0 aromatic rings. The fourth-order valence-corrected chi connectivity index (χ4v) is 0. The van der Waals surface area contributed by atoms with Gasteiger partial charge in [-0.25, -0.2) is 0 Å². The Morgan fingerprint density at radius 1 is 0.600 bits per heavy atom. The summed E-state index contributed by atoms with van der Waals surface area (Å²) in [5.41, 5.74) is 0. The summed E-state index contributed by atoms with van der Waals surface area (Å²) in [5, 5.41) is 0. The molecule has 0 rings (SSSR count). The Morgan fingerprint density at radius 2 is 0.600 bits per heavy atom. The van der Waals surface area contributed by atoms with Crippen LogP contribution in [-0.4, -0.2) is 127 Å². The summed E-state index contributed by atoms with van der Waals surface area (Å²) < 4.78 is 0.